The van der Waals surface area contributed by atoms with E-state index in [4.69, 9.17) is 10.00 Å². The quantitative estimate of drug-likeness (QED) is 0.724. The van der Waals surface area contributed by atoms with E-state index in [-0.39, 0.29) is 0 Å². The zero-order valence-corrected chi connectivity index (χ0v) is 7.62. The van der Waals surface area contributed by atoms with Crippen molar-refractivity contribution in [3.63, 3.8) is 0 Å². The molecule has 0 bridgehead atoms. The molecule has 1 aromatic rings. The minimum Gasteiger partial charge on any atom is -0.486 e. The lowest BCUT2D eigenvalue weighted by atomic mass is 10.5. The molecule has 1 aromatic heterocycles. The number of methoxy groups -OCH3 is 1. The summed E-state index contributed by atoms with van der Waals surface area (Å²) in [6.45, 7) is 0. The van der Waals surface area contributed by atoms with E-state index in [9.17, 15) is 0 Å². The van der Waals surface area contributed by atoms with Gasteiger partial charge in [-0.2, -0.15) is 5.26 Å². The first-order valence-corrected chi connectivity index (χ1v) is 4.12. The van der Waals surface area contributed by atoms with Crippen molar-refractivity contribution >= 4 is 27.3 Å². The number of halogens is 1. The predicted molar refractivity (Wildman–Crippen MR) is 43.3 cm³/mol. The second-order valence-electron chi connectivity index (χ2n) is 1.56. The van der Waals surface area contributed by atoms with Crippen LogP contribution >= 0.6 is 27.3 Å². The number of hydrogen-bond acceptors (Lipinski definition) is 3. The highest BCUT2D eigenvalue weighted by atomic mass is 79.9. The fourth-order valence-corrected chi connectivity index (χ4v) is 1.99. The monoisotopic (exact) mass is 217 g/mol. The largest absolute Gasteiger partial charge is 0.486 e. The molecule has 0 radical (unpaired) electrons. The van der Waals surface area contributed by atoms with E-state index in [1.165, 1.54) is 11.3 Å². The molecule has 1 rings (SSSR count). The molecular formula is C6H4BrNOS. The van der Waals surface area contributed by atoms with Gasteiger partial charge in [-0.1, -0.05) is 11.3 Å². The predicted octanol–water partition coefficient (Wildman–Crippen LogP) is 2.39. The zero-order chi connectivity index (χ0) is 7.56. The van der Waals surface area contributed by atoms with Gasteiger partial charge in [-0.15, -0.1) is 0 Å². The van der Waals surface area contributed by atoms with Crippen molar-refractivity contribution in [1.29, 1.82) is 5.26 Å². The molecule has 2 nitrogen and oxygen atoms in total. The van der Waals surface area contributed by atoms with Crippen molar-refractivity contribution < 1.29 is 4.74 Å². The second-order valence-corrected chi connectivity index (χ2v) is 3.43. The number of nitriles is 1. The number of ether oxygens (including phenoxy) is 1. The summed E-state index contributed by atoms with van der Waals surface area (Å²) in [7, 11) is 1.58. The van der Waals surface area contributed by atoms with Crippen LogP contribution in [0.15, 0.2) is 10.5 Å². The van der Waals surface area contributed by atoms with Crippen LogP contribution in [0.25, 0.3) is 0 Å². The molecular weight excluding hydrogens is 214 g/mol. The molecule has 0 aromatic carbocycles. The van der Waals surface area contributed by atoms with Crippen molar-refractivity contribution in [2.75, 3.05) is 7.11 Å². The average molecular weight is 218 g/mol. The fraction of sp³-hybridized carbons (Fsp3) is 0.167. The molecule has 1 heterocycles. The summed E-state index contributed by atoms with van der Waals surface area (Å²) < 4.78 is 5.79. The minimum absolute atomic E-state index is 0.656. The van der Waals surface area contributed by atoms with E-state index < -0.39 is 0 Å². The smallest absolute Gasteiger partial charge is 0.189 e. The summed E-state index contributed by atoms with van der Waals surface area (Å²) >= 11 is 4.58. The Morgan fingerprint density at radius 2 is 2.50 bits per heavy atom. The van der Waals surface area contributed by atoms with Crippen molar-refractivity contribution in [3.05, 3.63) is 15.4 Å². The highest BCUT2D eigenvalue weighted by molar-refractivity contribution is 9.10. The molecule has 0 aliphatic carbocycles. The Balaban J connectivity index is 3.07. The van der Waals surface area contributed by atoms with Gasteiger partial charge in [-0.25, -0.2) is 0 Å². The average Bonchev–Trinajstić information content (AvgIpc) is 2.30. The van der Waals surface area contributed by atoms with E-state index in [0.29, 0.717) is 4.88 Å². The maximum absolute atomic E-state index is 8.45. The normalized spacial score (nSPS) is 8.90. The van der Waals surface area contributed by atoms with Gasteiger partial charge in [0, 0.05) is 0 Å². The lowest BCUT2D eigenvalue weighted by Crippen LogP contribution is -1.75. The Morgan fingerprint density at radius 1 is 1.80 bits per heavy atom. The molecule has 0 N–H and O–H groups in total. The van der Waals surface area contributed by atoms with Gasteiger partial charge in [-0.3, -0.25) is 0 Å². The first kappa shape index (κ1) is 7.58. The molecule has 0 spiro atoms. The summed E-state index contributed by atoms with van der Waals surface area (Å²) in [4.78, 5) is 0.656. The van der Waals surface area contributed by atoms with Crippen LogP contribution < -0.4 is 4.74 Å². The van der Waals surface area contributed by atoms with Crippen molar-refractivity contribution in [2.24, 2.45) is 0 Å². The first-order chi connectivity index (χ1) is 4.77. The molecule has 52 valence electrons. The molecule has 0 fully saturated rings. The van der Waals surface area contributed by atoms with Crippen LogP contribution in [0.1, 0.15) is 4.88 Å². The van der Waals surface area contributed by atoms with Crippen molar-refractivity contribution in [3.8, 4) is 11.1 Å². The first-order valence-electron chi connectivity index (χ1n) is 2.51. The second kappa shape index (κ2) is 3.04. The third-order valence-electron chi connectivity index (χ3n) is 0.951. The highest BCUT2D eigenvalue weighted by Crippen LogP contribution is 2.33. The summed E-state index contributed by atoms with van der Waals surface area (Å²) in [6, 6.07) is 3.77. The number of hydrogen-bond donors (Lipinski definition) is 0. The lowest BCUT2D eigenvalue weighted by Gasteiger charge is -1.90. The molecule has 0 amide bonds. The van der Waals surface area contributed by atoms with E-state index in [1.807, 2.05) is 6.07 Å². The van der Waals surface area contributed by atoms with Gasteiger partial charge >= 0.3 is 0 Å². The Hall–Kier alpha value is -0.530. The van der Waals surface area contributed by atoms with Gasteiger partial charge in [0.2, 0.25) is 0 Å². The number of rotatable bonds is 1. The van der Waals surface area contributed by atoms with Crippen LogP contribution in [0.3, 0.4) is 0 Å². The molecule has 0 saturated heterocycles. The molecule has 10 heavy (non-hydrogen) atoms. The van der Waals surface area contributed by atoms with Gasteiger partial charge in [-0.05, 0) is 22.0 Å². The van der Waals surface area contributed by atoms with Gasteiger partial charge < -0.3 is 4.74 Å². The van der Waals surface area contributed by atoms with E-state index >= 15 is 0 Å². The Kier molecular flexibility index (Phi) is 2.30. The molecule has 0 atom stereocenters. The van der Waals surface area contributed by atoms with Crippen LogP contribution in [0.5, 0.6) is 5.06 Å². The molecule has 0 unspecified atom stereocenters. The highest BCUT2D eigenvalue weighted by Gasteiger charge is 2.04. The maximum atomic E-state index is 8.45. The molecule has 0 saturated carbocycles. The summed E-state index contributed by atoms with van der Waals surface area (Å²) in [5, 5.41) is 9.20. The zero-order valence-electron chi connectivity index (χ0n) is 5.22. The van der Waals surface area contributed by atoms with Gasteiger partial charge in [0.05, 0.1) is 11.6 Å². The van der Waals surface area contributed by atoms with Crippen molar-refractivity contribution in [1.82, 2.24) is 0 Å². The topological polar surface area (TPSA) is 33.0 Å². The third kappa shape index (κ3) is 1.31. The van der Waals surface area contributed by atoms with E-state index in [1.54, 1.807) is 13.2 Å². The van der Waals surface area contributed by atoms with Crippen LogP contribution in [0.4, 0.5) is 0 Å². The van der Waals surface area contributed by atoms with Crippen LogP contribution in [-0.2, 0) is 0 Å². The van der Waals surface area contributed by atoms with E-state index in [0.717, 1.165) is 9.54 Å². The van der Waals surface area contributed by atoms with E-state index in [2.05, 4.69) is 15.9 Å². The van der Waals surface area contributed by atoms with Gasteiger partial charge in [0.15, 0.2) is 5.06 Å². The number of nitrogens with zero attached hydrogens (tertiary/aromatic N) is 1. The summed E-state index contributed by atoms with van der Waals surface area (Å²) in [5.74, 6) is 0. The van der Waals surface area contributed by atoms with Crippen LogP contribution in [-0.4, -0.2) is 7.11 Å². The summed E-state index contributed by atoms with van der Waals surface area (Å²) in [6.07, 6.45) is 0. The maximum Gasteiger partial charge on any atom is 0.189 e. The number of thiophene rings is 1. The summed E-state index contributed by atoms with van der Waals surface area (Å²) in [5.41, 5.74) is 0. The standard InChI is InChI=1S/C6H4BrNOS/c1-9-6-5(7)2-4(3-8)10-6/h2H,1H3. The van der Waals surface area contributed by atoms with Crippen molar-refractivity contribution in [2.45, 2.75) is 0 Å². The SMILES string of the molecule is COc1sc(C#N)cc1Br. The Bertz CT molecular complexity index is 276. The third-order valence-corrected chi connectivity index (χ3v) is 2.80. The van der Waals surface area contributed by atoms with Crippen LogP contribution in [0, 0.1) is 11.3 Å². The fourth-order valence-electron chi connectivity index (χ4n) is 0.546. The Morgan fingerprint density at radius 3 is 2.80 bits per heavy atom. The molecule has 0 aliphatic rings. The lowest BCUT2D eigenvalue weighted by molar-refractivity contribution is 0.425. The minimum atomic E-state index is 0.656. The molecule has 4 heteroatoms. The Labute approximate surface area is 71.2 Å². The molecule has 0 aliphatic heterocycles. The van der Waals surface area contributed by atoms with Gasteiger partial charge in [0.1, 0.15) is 10.9 Å². The van der Waals surface area contributed by atoms with Crippen LogP contribution in [0.2, 0.25) is 0 Å². The van der Waals surface area contributed by atoms with Gasteiger partial charge in [0.25, 0.3) is 0 Å².